The van der Waals surface area contributed by atoms with E-state index in [1.165, 1.54) is 12.1 Å². The van der Waals surface area contributed by atoms with Crippen molar-refractivity contribution in [3.63, 3.8) is 0 Å². The van der Waals surface area contributed by atoms with Crippen molar-refractivity contribution in [1.82, 2.24) is 10.3 Å². The fourth-order valence-corrected chi connectivity index (χ4v) is 2.63. The highest BCUT2D eigenvalue weighted by Gasteiger charge is 2.17. The van der Waals surface area contributed by atoms with Gasteiger partial charge in [0.15, 0.2) is 9.84 Å². The van der Waals surface area contributed by atoms with E-state index in [1.807, 2.05) is 6.07 Å². The number of sulfone groups is 1. The average molecular weight is 290 g/mol. The van der Waals surface area contributed by atoms with Crippen molar-refractivity contribution >= 4 is 15.7 Å². The first-order valence-corrected chi connectivity index (χ1v) is 7.85. The number of amides is 1. The summed E-state index contributed by atoms with van der Waals surface area (Å²) in [4.78, 5) is 16.2. The van der Waals surface area contributed by atoms with Crippen LogP contribution in [0.15, 0.2) is 53.6 Å². The number of carbonyl (C=O) groups excluding carboxylic acids is 1. The highest BCUT2D eigenvalue weighted by molar-refractivity contribution is 7.90. The Bertz CT molecular complexity index is 712. The van der Waals surface area contributed by atoms with Gasteiger partial charge in [-0.15, -0.1) is 0 Å². The molecule has 1 N–H and O–H groups in total. The maximum Gasteiger partial charge on any atom is 0.252 e. The number of nitrogens with zero attached hydrogens (tertiary/aromatic N) is 1. The standard InChI is InChI=1S/C14H14N2O3S/c1-20(18,19)13-8-3-2-7-12(13)14(17)16-10-11-6-4-5-9-15-11/h2-9H,10H2,1H3,(H,16,17). The van der Waals surface area contributed by atoms with Crippen LogP contribution in [0.1, 0.15) is 16.1 Å². The second-order valence-corrected chi connectivity index (χ2v) is 6.26. The first kappa shape index (κ1) is 14.2. The van der Waals surface area contributed by atoms with Crippen molar-refractivity contribution in [2.24, 2.45) is 0 Å². The maximum atomic E-state index is 12.1. The number of carbonyl (C=O) groups is 1. The first-order valence-electron chi connectivity index (χ1n) is 5.95. The molecule has 0 radical (unpaired) electrons. The molecular weight excluding hydrogens is 276 g/mol. The molecule has 0 aliphatic rings. The van der Waals surface area contributed by atoms with Crippen molar-refractivity contribution in [3.05, 3.63) is 59.9 Å². The molecule has 104 valence electrons. The van der Waals surface area contributed by atoms with Crippen LogP contribution in [0.3, 0.4) is 0 Å². The Labute approximate surface area is 117 Å². The van der Waals surface area contributed by atoms with Crippen LogP contribution in [0.25, 0.3) is 0 Å². The summed E-state index contributed by atoms with van der Waals surface area (Å²) < 4.78 is 23.3. The minimum Gasteiger partial charge on any atom is -0.346 e. The van der Waals surface area contributed by atoms with Crippen molar-refractivity contribution in [2.45, 2.75) is 11.4 Å². The second-order valence-electron chi connectivity index (χ2n) is 4.27. The molecule has 20 heavy (non-hydrogen) atoms. The van der Waals surface area contributed by atoms with E-state index >= 15 is 0 Å². The van der Waals surface area contributed by atoms with Crippen molar-refractivity contribution < 1.29 is 13.2 Å². The van der Waals surface area contributed by atoms with Crippen molar-refractivity contribution in [2.75, 3.05) is 6.26 Å². The molecule has 0 fully saturated rings. The molecule has 0 saturated heterocycles. The molecule has 1 aromatic carbocycles. The Hall–Kier alpha value is -2.21. The summed E-state index contributed by atoms with van der Waals surface area (Å²) in [6.45, 7) is 0.248. The van der Waals surface area contributed by atoms with Crippen molar-refractivity contribution in [3.8, 4) is 0 Å². The molecule has 0 atom stereocenters. The molecule has 2 rings (SSSR count). The van der Waals surface area contributed by atoms with Gasteiger partial charge < -0.3 is 5.32 Å². The van der Waals surface area contributed by atoms with Gasteiger partial charge in [-0.1, -0.05) is 18.2 Å². The molecule has 1 heterocycles. The number of hydrogen-bond acceptors (Lipinski definition) is 4. The summed E-state index contributed by atoms with van der Waals surface area (Å²) >= 11 is 0. The van der Waals surface area contributed by atoms with E-state index in [0.29, 0.717) is 5.69 Å². The van der Waals surface area contributed by atoms with Crippen LogP contribution in [0.5, 0.6) is 0 Å². The molecule has 5 nitrogen and oxygen atoms in total. The van der Waals surface area contributed by atoms with Gasteiger partial charge in [-0.05, 0) is 24.3 Å². The number of hydrogen-bond donors (Lipinski definition) is 1. The number of pyridine rings is 1. The van der Waals surface area contributed by atoms with Crippen LogP contribution >= 0.6 is 0 Å². The minimum atomic E-state index is -3.44. The summed E-state index contributed by atoms with van der Waals surface area (Å²) in [6, 6.07) is 11.5. The van der Waals surface area contributed by atoms with Gasteiger partial charge >= 0.3 is 0 Å². The van der Waals surface area contributed by atoms with Gasteiger partial charge in [0.1, 0.15) is 0 Å². The third kappa shape index (κ3) is 3.42. The molecule has 6 heteroatoms. The second kappa shape index (κ2) is 5.83. The molecule has 0 unspecified atom stereocenters. The fourth-order valence-electron chi connectivity index (χ4n) is 1.75. The van der Waals surface area contributed by atoms with Crippen molar-refractivity contribution in [1.29, 1.82) is 0 Å². The minimum absolute atomic E-state index is 0.0264. The first-order chi connectivity index (χ1) is 9.48. The maximum absolute atomic E-state index is 12.1. The Balaban J connectivity index is 2.18. The average Bonchev–Trinajstić information content (AvgIpc) is 2.45. The van der Waals surface area contributed by atoms with Gasteiger partial charge in [0.05, 0.1) is 22.7 Å². The number of nitrogens with one attached hydrogen (secondary N) is 1. The molecule has 2 aromatic rings. The molecule has 0 aliphatic heterocycles. The zero-order valence-electron chi connectivity index (χ0n) is 10.9. The topological polar surface area (TPSA) is 76.1 Å². The number of rotatable bonds is 4. The molecule has 0 saturated carbocycles. The molecule has 1 aromatic heterocycles. The van der Waals surface area contributed by atoms with Crippen LogP contribution in [0, 0.1) is 0 Å². The Morgan fingerprint density at radius 2 is 1.85 bits per heavy atom. The summed E-state index contributed by atoms with van der Waals surface area (Å²) in [5.41, 5.74) is 0.851. The highest BCUT2D eigenvalue weighted by Crippen LogP contribution is 2.15. The van der Waals surface area contributed by atoms with Gasteiger partial charge in [-0.2, -0.15) is 0 Å². The molecule has 1 amide bonds. The van der Waals surface area contributed by atoms with Gasteiger partial charge in [0, 0.05) is 12.5 Å². The van der Waals surface area contributed by atoms with E-state index in [4.69, 9.17) is 0 Å². The van der Waals surface area contributed by atoms with Crippen LogP contribution in [-0.2, 0) is 16.4 Å². The lowest BCUT2D eigenvalue weighted by Gasteiger charge is -2.08. The summed E-state index contributed by atoms with van der Waals surface area (Å²) in [5.74, 6) is -0.434. The van der Waals surface area contributed by atoms with Crippen LogP contribution < -0.4 is 5.32 Å². The SMILES string of the molecule is CS(=O)(=O)c1ccccc1C(=O)NCc1ccccn1. The zero-order valence-corrected chi connectivity index (χ0v) is 11.7. The predicted molar refractivity (Wildman–Crippen MR) is 75.0 cm³/mol. The normalized spacial score (nSPS) is 11.1. The summed E-state index contributed by atoms with van der Waals surface area (Å²) in [6.07, 6.45) is 2.71. The lowest BCUT2D eigenvalue weighted by atomic mass is 10.2. The van der Waals surface area contributed by atoms with E-state index in [-0.39, 0.29) is 17.0 Å². The monoisotopic (exact) mass is 290 g/mol. The molecule has 0 spiro atoms. The zero-order chi connectivity index (χ0) is 14.6. The van der Waals surface area contributed by atoms with Crippen LogP contribution in [0.2, 0.25) is 0 Å². The lowest BCUT2D eigenvalue weighted by molar-refractivity contribution is 0.0947. The van der Waals surface area contributed by atoms with E-state index < -0.39 is 15.7 Å². The van der Waals surface area contributed by atoms with E-state index in [0.717, 1.165) is 6.26 Å². The smallest absolute Gasteiger partial charge is 0.252 e. The third-order valence-electron chi connectivity index (χ3n) is 2.69. The Morgan fingerprint density at radius 1 is 1.15 bits per heavy atom. The van der Waals surface area contributed by atoms with E-state index in [9.17, 15) is 13.2 Å². The number of aromatic nitrogens is 1. The lowest BCUT2D eigenvalue weighted by Crippen LogP contribution is -2.25. The van der Waals surface area contributed by atoms with E-state index in [2.05, 4.69) is 10.3 Å². The van der Waals surface area contributed by atoms with Crippen LogP contribution in [0.4, 0.5) is 0 Å². The fraction of sp³-hybridized carbons (Fsp3) is 0.143. The van der Waals surface area contributed by atoms with Crippen LogP contribution in [-0.4, -0.2) is 25.6 Å². The largest absolute Gasteiger partial charge is 0.346 e. The highest BCUT2D eigenvalue weighted by atomic mass is 32.2. The Morgan fingerprint density at radius 3 is 2.50 bits per heavy atom. The summed E-state index contributed by atoms with van der Waals surface area (Å²) in [7, 11) is -3.44. The molecular formula is C14H14N2O3S. The van der Waals surface area contributed by atoms with Gasteiger partial charge in [-0.25, -0.2) is 8.42 Å². The quantitative estimate of drug-likeness (QED) is 0.924. The van der Waals surface area contributed by atoms with Gasteiger partial charge in [0.25, 0.3) is 5.91 Å². The third-order valence-corrected chi connectivity index (χ3v) is 3.84. The Kier molecular flexibility index (Phi) is 4.14. The predicted octanol–water partition coefficient (Wildman–Crippen LogP) is 1.42. The number of benzene rings is 1. The van der Waals surface area contributed by atoms with Gasteiger partial charge in [-0.3, -0.25) is 9.78 Å². The molecule has 0 bridgehead atoms. The summed E-state index contributed by atoms with van der Waals surface area (Å²) in [5, 5.41) is 2.66. The van der Waals surface area contributed by atoms with Gasteiger partial charge in [0.2, 0.25) is 0 Å². The molecule has 0 aliphatic carbocycles. The van der Waals surface area contributed by atoms with E-state index in [1.54, 1.807) is 30.5 Å².